The Kier molecular flexibility index (Phi) is 8.32. The fourth-order valence-corrected chi connectivity index (χ4v) is 1.37. The van der Waals surface area contributed by atoms with Gasteiger partial charge in [-0.2, -0.15) is 0 Å². The molecule has 0 rings (SSSR count). The average molecular weight is 204 g/mol. The molecule has 0 bridgehead atoms. The quantitative estimate of drug-likeness (QED) is 0.605. The predicted molar refractivity (Wildman–Crippen MR) is 61.0 cm³/mol. The standard InChI is InChI=1S/C11H22ClN/c1-4-6-8-13(9-7-5-2)11(3)10-12/h10H,4-9H2,1-3H3/b11-10+. The van der Waals surface area contributed by atoms with E-state index in [1.54, 1.807) is 5.54 Å². The van der Waals surface area contributed by atoms with Crippen LogP contribution in [0.3, 0.4) is 0 Å². The predicted octanol–water partition coefficient (Wildman–Crippen LogP) is 3.99. The van der Waals surface area contributed by atoms with Gasteiger partial charge in [0, 0.05) is 24.3 Å². The second kappa shape index (κ2) is 8.43. The molecule has 0 heterocycles. The molecule has 0 radical (unpaired) electrons. The van der Waals surface area contributed by atoms with Crippen LogP contribution in [0.25, 0.3) is 0 Å². The van der Waals surface area contributed by atoms with Crippen molar-refractivity contribution in [3.63, 3.8) is 0 Å². The number of allylic oxidation sites excluding steroid dienone is 1. The SMILES string of the molecule is CCCCN(CCCC)/C(C)=C/Cl. The molecule has 78 valence electrons. The van der Waals surface area contributed by atoms with E-state index < -0.39 is 0 Å². The lowest BCUT2D eigenvalue weighted by atomic mass is 10.2. The van der Waals surface area contributed by atoms with Crippen LogP contribution in [0.1, 0.15) is 46.5 Å². The molecule has 0 amide bonds. The summed E-state index contributed by atoms with van der Waals surface area (Å²) in [5, 5.41) is 0. The molecule has 0 aromatic heterocycles. The van der Waals surface area contributed by atoms with Crippen molar-refractivity contribution in [2.45, 2.75) is 46.5 Å². The molecule has 13 heavy (non-hydrogen) atoms. The number of hydrogen-bond acceptors (Lipinski definition) is 1. The van der Waals surface area contributed by atoms with Gasteiger partial charge in [-0.25, -0.2) is 0 Å². The molecular weight excluding hydrogens is 182 g/mol. The van der Waals surface area contributed by atoms with E-state index in [0.717, 1.165) is 13.1 Å². The lowest BCUT2D eigenvalue weighted by Crippen LogP contribution is -2.23. The van der Waals surface area contributed by atoms with Crippen LogP contribution in [0.4, 0.5) is 0 Å². The van der Waals surface area contributed by atoms with Gasteiger partial charge in [-0.1, -0.05) is 38.3 Å². The van der Waals surface area contributed by atoms with Crippen molar-refractivity contribution in [1.82, 2.24) is 4.90 Å². The Labute approximate surface area is 87.8 Å². The summed E-state index contributed by atoms with van der Waals surface area (Å²) < 4.78 is 0. The summed E-state index contributed by atoms with van der Waals surface area (Å²) in [6.07, 6.45) is 5.01. The molecule has 0 saturated heterocycles. The van der Waals surface area contributed by atoms with Crippen molar-refractivity contribution in [3.05, 3.63) is 11.2 Å². The molecule has 2 heteroatoms. The monoisotopic (exact) mass is 203 g/mol. The zero-order valence-corrected chi connectivity index (χ0v) is 9.90. The number of unbranched alkanes of at least 4 members (excludes halogenated alkanes) is 2. The van der Waals surface area contributed by atoms with Crippen LogP contribution in [-0.4, -0.2) is 18.0 Å². The first-order valence-corrected chi connectivity index (χ1v) is 5.71. The maximum Gasteiger partial charge on any atom is 0.0231 e. The van der Waals surface area contributed by atoms with Crippen molar-refractivity contribution in [2.75, 3.05) is 13.1 Å². The molecule has 0 aliphatic carbocycles. The van der Waals surface area contributed by atoms with Crippen LogP contribution in [-0.2, 0) is 0 Å². The van der Waals surface area contributed by atoms with Crippen molar-refractivity contribution < 1.29 is 0 Å². The van der Waals surface area contributed by atoms with Gasteiger partial charge in [0.25, 0.3) is 0 Å². The van der Waals surface area contributed by atoms with Gasteiger partial charge in [-0.15, -0.1) is 0 Å². The normalized spacial score (nSPS) is 11.8. The largest absolute Gasteiger partial charge is 0.374 e. The van der Waals surface area contributed by atoms with E-state index >= 15 is 0 Å². The average Bonchev–Trinajstić information content (AvgIpc) is 2.17. The Morgan fingerprint density at radius 2 is 1.62 bits per heavy atom. The molecule has 0 spiro atoms. The molecule has 0 saturated carbocycles. The maximum absolute atomic E-state index is 5.70. The van der Waals surface area contributed by atoms with Crippen LogP contribution >= 0.6 is 11.6 Å². The first-order chi connectivity index (χ1) is 6.26. The number of rotatable bonds is 7. The number of hydrogen-bond donors (Lipinski definition) is 0. The van der Waals surface area contributed by atoms with E-state index in [9.17, 15) is 0 Å². The highest BCUT2D eigenvalue weighted by Crippen LogP contribution is 2.08. The Hall–Kier alpha value is -0.170. The highest BCUT2D eigenvalue weighted by atomic mass is 35.5. The summed E-state index contributed by atoms with van der Waals surface area (Å²) in [5.74, 6) is 0. The molecule has 0 aliphatic rings. The molecule has 0 aromatic rings. The molecule has 0 aromatic carbocycles. The second-order valence-electron chi connectivity index (χ2n) is 3.44. The molecule has 0 aliphatic heterocycles. The smallest absolute Gasteiger partial charge is 0.0231 e. The summed E-state index contributed by atoms with van der Waals surface area (Å²) in [7, 11) is 0. The van der Waals surface area contributed by atoms with Gasteiger partial charge < -0.3 is 4.90 Å². The zero-order chi connectivity index (χ0) is 10.1. The fourth-order valence-electron chi connectivity index (χ4n) is 1.23. The highest BCUT2D eigenvalue weighted by molar-refractivity contribution is 6.25. The van der Waals surface area contributed by atoms with Gasteiger partial charge in [-0.3, -0.25) is 0 Å². The van der Waals surface area contributed by atoms with Gasteiger partial charge in [0.05, 0.1) is 0 Å². The molecule has 1 nitrogen and oxygen atoms in total. The summed E-state index contributed by atoms with van der Waals surface area (Å²) in [4.78, 5) is 2.38. The molecule has 0 atom stereocenters. The summed E-state index contributed by atoms with van der Waals surface area (Å²) >= 11 is 5.70. The van der Waals surface area contributed by atoms with Crippen molar-refractivity contribution in [1.29, 1.82) is 0 Å². The van der Waals surface area contributed by atoms with Crippen molar-refractivity contribution >= 4 is 11.6 Å². The minimum absolute atomic E-state index is 1.14. The van der Waals surface area contributed by atoms with Crippen LogP contribution < -0.4 is 0 Å². The Morgan fingerprint density at radius 3 is 1.92 bits per heavy atom. The maximum atomic E-state index is 5.70. The van der Waals surface area contributed by atoms with Crippen LogP contribution in [0, 0.1) is 0 Å². The first-order valence-electron chi connectivity index (χ1n) is 5.28. The fraction of sp³-hybridized carbons (Fsp3) is 0.818. The van der Waals surface area contributed by atoms with Crippen LogP contribution in [0.5, 0.6) is 0 Å². The third kappa shape index (κ3) is 5.98. The topological polar surface area (TPSA) is 3.24 Å². The van der Waals surface area contributed by atoms with Gasteiger partial charge in [0.15, 0.2) is 0 Å². The minimum Gasteiger partial charge on any atom is -0.374 e. The molecular formula is C11H22ClN. The zero-order valence-electron chi connectivity index (χ0n) is 9.15. The van der Waals surface area contributed by atoms with E-state index in [-0.39, 0.29) is 0 Å². The molecule has 0 N–H and O–H groups in total. The highest BCUT2D eigenvalue weighted by Gasteiger charge is 2.02. The summed E-state index contributed by atoms with van der Waals surface area (Å²) in [6, 6.07) is 0. The lowest BCUT2D eigenvalue weighted by molar-refractivity contribution is 0.332. The number of halogens is 1. The first kappa shape index (κ1) is 12.8. The summed E-state index contributed by atoms with van der Waals surface area (Å²) in [6.45, 7) is 8.81. The molecule has 0 unspecified atom stereocenters. The summed E-state index contributed by atoms with van der Waals surface area (Å²) in [5.41, 5.74) is 2.88. The minimum atomic E-state index is 1.14. The van der Waals surface area contributed by atoms with E-state index in [4.69, 9.17) is 11.6 Å². The van der Waals surface area contributed by atoms with Crippen LogP contribution in [0.15, 0.2) is 11.2 Å². The second-order valence-corrected chi connectivity index (χ2v) is 3.66. The molecule has 0 fully saturated rings. The van der Waals surface area contributed by atoms with Crippen molar-refractivity contribution in [3.8, 4) is 0 Å². The van der Waals surface area contributed by atoms with E-state index in [1.165, 1.54) is 31.4 Å². The van der Waals surface area contributed by atoms with Gasteiger partial charge in [-0.05, 0) is 19.8 Å². The third-order valence-corrected chi connectivity index (χ3v) is 2.54. The van der Waals surface area contributed by atoms with Gasteiger partial charge >= 0.3 is 0 Å². The third-order valence-electron chi connectivity index (χ3n) is 2.22. The lowest BCUT2D eigenvalue weighted by Gasteiger charge is -2.24. The Morgan fingerprint density at radius 1 is 1.15 bits per heavy atom. The Bertz CT molecular complexity index is 135. The van der Waals surface area contributed by atoms with E-state index in [0.29, 0.717) is 0 Å². The van der Waals surface area contributed by atoms with E-state index in [1.807, 2.05) is 0 Å². The number of nitrogens with zero attached hydrogens (tertiary/aromatic N) is 1. The van der Waals surface area contributed by atoms with Gasteiger partial charge in [0.1, 0.15) is 0 Å². The van der Waals surface area contributed by atoms with Crippen LogP contribution in [0.2, 0.25) is 0 Å². The van der Waals surface area contributed by atoms with E-state index in [2.05, 4.69) is 25.7 Å². The Balaban J connectivity index is 3.87. The van der Waals surface area contributed by atoms with Crippen molar-refractivity contribution in [2.24, 2.45) is 0 Å². The van der Waals surface area contributed by atoms with Gasteiger partial charge in [0.2, 0.25) is 0 Å².